The molecule has 0 spiro atoms. The van der Waals surface area contributed by atoms with Crippen LogP contribution in [0.3, 0.4) is 0 Å². The first kappa shape index (κ1) is 14.5. The zero-order valence-electron chi connectivity index (χ0n) is 10.9. The van der Waals surface area contributed by atoms with Gasteiger partial charge in [0, 0.05) is 12.0 Å². The summed E-state index contributed by atoms with van der Waals surface area (Å²) < 4.78 is 0. The monoisotopic (exact) mass is 242 g/mol. The third kappa shape index (κ3) is 4.28. The molecule has 1 aliphatic rings. The molecule has 0 radical (unpaired) electrons. The Bertz CT molecular complexity index is 238. The van der Waals surface area contributed by atoms with Crippen molar-refractivity contribution in [3.63, 3.8) is 0 Å². The molecule has 0 aromatic heterocycles. The molecule has 100 valence electrons. The predicted molar refractivity (Wildman–Crippen MR) is 68.5 cm³/mol. The average molecular weight is 242 g/mol. The van der Waals surface area contributed by atoms with Crippen LogP contribution in [0.25, 0.3) is 0 Å². The number of carbonyl (C=O) groups is 1. The summed E-state index contributed by atoms with van der Waals surface area (Å²) in [5, 5.41) is 12.4. The molecule has 0 unspecified atom stereocenters. The zero-order chi connectivity index (χ0) is 12.7. The smallest absolute Gasteiger partial charge is 0.236 e. The van der Waals surface area contributed by atoms with Crippen LogP contribution < -0.4 is 11.1 Å². The van der Waals surface area contributed by atoms with Crippen molar-refractivity contribution in [2.24, 2.45) is 11.1 Å². The summed E-state index contributed by atoms with van der Waals surface area (Å²) in [5.41, 5.74) is 5.66. The number of hydrogen-bond acceptors (Lipinski definition) is 3. The molecular formula is C13H26N2O2. The Kier molecular flexibility index (Phi) is 5.92. The lowest BCUT2D eigenvalue weighted by Crippen LogP contribution is -2.47. The summed E-state index contributed by atoms with van der Waals surface area (Å²) in [7, 11) is 0. The van der Waals surface area contributed by atoms with E-state index in [1.54, 1.807) is 0 Å². The largest absolute Gasteiger partial charge is 0.396 e. The first-order valence-corrected chi connectivity index (χ1v) is 6.78. The van der Waals surface area contributed by atoms with Gasteiger partial charge in [0.2, 0.25) is 5.91 Å². The summed E-state index contributed by atoms with van der Waals surface area (Å²) in [4.78, 5) is 11.7. The standard InChI is InChI=1S/C13H26N2O2/c1-2-6-11(14)12(17)15-9-13(10-16)7-4-3-5-8-13/h11,16H,2-10,14H2,1H3,(H,15,17)/t11-/m1/s1. The van der Waals surface area contributed by atoms with Crippen molar-refractivity contribution in [3.05, 3.63) is 0 Å². The normalized spacial score (nSPS) is 20.9. The van der Waals surface area contributed by atoms with Gasteiger partial charge in [-0.15, -0.1) is 0 Å². The van der Waals surface area contributed by atoms with Gasteiger partial charge in [-0.3, -0.25) is 4.79 Å². The number of aliphatic hydroxyl groups excluding tert-OH is 1. The Labute approximate surface area is 104 Å². The molecular weight excluding hydrogens is 216 g/mol. The predicted octanol–water partition coefficient (Wildman–Crippen LogP) is 1.17. The molecule has 1 rings (SSSR count). The number of amides is 1. The number of hydrogen-bond donors (Lipinski definition) is 3. The van der Waals surface area contributed by atoms with Crippen LogP contribution in [0.1, 0.15) is 51.9 Å². The molecule has 0 bridgehead atoms. The molecule has 1 amide bonds. The molecule has 1 atom stereocenters. The van der Waals surface area contributed by atoms with Crippen molar-refractivity contribution in [2.45, 2.75) is 57.9 Å². The van der Waals surface area contributed by atoms with Crippen LogP contribution in [-0.2, 0) is 4.79 Å². The van der Waals surface area contributed by atoms with Crippen LogP contribution in [0.4, 0.5) is 0 Å². The minimum atomic E-state index is -0.403. The second-order valence-electron chi connectivity index (χ2n) is 5.33. The molecule has 4 heteroatoms. The van der Waals surface area contributed by atoms with Crippen LogP contribution in [0.2, 0.25) is 0 Å². The minimum Gasteiger partial charge on any atom is -0.396 e. The lowest BCUT2D eigenvalue weighted by molar-refractivity contribution is -0.123. The number of rotatable bonds is 6. The highest BCUT2D eigenvalue weighted by atomic mass is 16.3. The van der Waals surface area contributed by atoms with Crippen LogP contribution in [0.5, 0.6) is 0 Å². The fourth-order valence-electron chi connectivity index (χ4n) is 2.54. The minimum absolute atomic E-state index is 0.0785. The highest BCUT2D eigenvalue weighted by Gasteiger charge is 2.32. The number of aliphatic hydroxyl groups is 1. The summed E-state index contributed by atoms with van der Waals surface area (Å²) in [6.45, 7) is 2.75. The van der Waals surface area contributed by atoms with E-state index in [0.717, 1.165) is 38.5 Å². The molecule has 1 saturated carbocycles. The Balaban J connectivity index is 2.39. The Morgan fingerprint density at radius 2 is 2.06 bits per heavy atom. The number of nitrogens with one attached hydrogen (secondary N) is 1. The van der Waals surface area contributed by atoms with Gasteiger partial charge in [-0.25, -0.2) is 0 Å². The molecule has 0 heterocycles. The summed E-state index contributed by atoms with van der Waals surface area (Å²) in [6.07, 6.45) is 7.19. The van der Waals surface area contributed by atoms with Gasteiger partial charge >= 0.3 is 0 Å². The first-order valence-electron chi connectivity index (χ1n) is 6.78. The maximum absolute atomic E-state index is 11.7. The maximum Gasteiger partial charge on any atom is 0.236 e. The molecule has 4 N–H and O–H groups in total. The van der Waals surface area contributed by atoms with Crippen molar-refractivity contribution in [1.82, 2.24) is 5.32 Å². The van der Waals surface area contributed by atoms with Crippen LogP contribution in [-0.4, -0.2) is 30.2 Å². The van der Waals surface area contributed by atoms with Crippen LogP contribution in [0.15, 0.2) is 0 Å². The van der Waals surface area contributed by atoms with Gasteiger partial charge in [-0.1, -0.05) is 32.6 Å². The molecule has 1 aliphatic carbocycles. The van der Waals surface area contributed by atoms with Gasteiger partial charge in [-0.2, -0.15) is 0 Å². The van der Waals surface area contributed by atoms with E-state index in [9.17, 15) is 9.90 Å². The van der Waals surface area contributed by atoms with Gasteiger partial charge in [0.25, 0.3) is 0 Å². The third-order valence-corrected chi connectivity index (χ3v) is 3.82. The third-order valence-electron chi connectivity index (χ3n) is 3.82. The molecule has 0 aromatic rings. The average Bonchev–Trinajstić information content (AvgIpc) is 2.37. The SMILES string of the molecule is CCC[C@@H](N)C(=O)NCC1(CO)CCCCC1. The lowest BCUT2D eigenvalue weighted by atomic mass is 9.74. The van der Waals surface area contributed by atoms with Gasteiger partial charge in [0.1, 0.15) is 0 Å². The van der Waals surface area contributed by atoms with Gasteiger partial charge < -0.3 is 16.2 Å². The second kappa shape index (κ2) is 6.97. The van der Waals surface area contributed by atoms with Crippen molar-refractivity contribution >= 4 is 5.91 Å². The lowest BCUT2D eigenvalue weighted by Gasteiger charge is -2.35. The molecule has 0 saturated heterocycles. The van der Waals surface area contributed by atoms with E-state index in [0.29, 0.717) is 6.54 Å². The first-order chi connectivity index (χ1) is 8.13. The summed E-state index contributed by atoms with van der Waals surface area (Å²) >= 11 is 0. The van der Waals surface area contributed by atoms with Crippen LogP contribution in [0, 0.1) is 5.41 Å². The Morgan fingerprint density at radius 3 is 2.59 bits per heavy atom. The molecule has 1 fully saturated rings. The van der Waals surface area contributed by atoms with Crippen molar-refractivity contribution in [2.75, 3.05) is 13.2 Å². The van der Waals surface area contributed by atoms with E-state index < -0.39 is 6.04 Å². The Hall–Kier alpha value is -0.610. The van der Waals surface area contributed by atoms with E-state index >= 15 is 0 Å². The van der Waals surface area contributed by atoms with Gasteiger partial charge in [0.05, 0.1) is 12.6 Å². The van der Waals surface area contributed by atoms with Gasteiger partial charge in [-0.05, 0) is 19.3 Å². The second-order valence-corrected chi connectivity index (χ2v) is 5.33. The molecule has 0 aliphatic heterocycles. The molecule has 0 aromatic carbocycles. The summed E-state index contributed by atoms with van der Waals surface area (Å²) in [5.74, 6) is -0.0785. The van der Waals surface area contributed by atoms with E-state index in [4.69, 9.17) is 5.73 Å². The molecule has 17 heavy (non-hydrogen) atoms. The van der Waals surface area contributed by atoms with Crippen molar-refractivity contribution in [1.29, 1.82) is 0 Å². The summed E-state index contributed by atoms with van der Waals surface area (Å²) in [6, 6.07) is -0.403. The van der Waals surface area contributed by atoms with E-state index in [-0.39, 0.29) is 17.9 Å². The molecule has 4 nitrogen and oxygen atoms in total. The van der Waals surface area contributed by atoms with Gasteiger partial charge in [0.15, 0.2) is 0 Å². The highest BCUT2D eigenvalue weighted by molar-refractivity contribution is 5.81. The van der Waals surface area contributed by atoms with E-state index in [2.05, 4.69) is 5.32 Å². The topological polar surface area (TPSA) is 75.4 Å². The van der Waals surface area contributed by atoms with E-state index in [1.165, 1.54) is 6.42 Å². The number of nitrogens with two attached hydrogens (primary N) is 1. The van der Waals surface area contributed by atoms with Crippen molar-refractivity contribution < 1.29 is 9.90 Å². The quantitative estimate of drug-likeness (QED) is 0.654. The zero-order valence-corrected chi connectivity index (χ0v) is 10.9. The maximum atomic E-state index is 11.7. The van der Waals surface area contributed by atoms with E-state index in [1.807, 2.05) is 6.92 Å². The Morgan fingerprint density at radius 1 is 1.41 bits per heavy atom. The van der Waals surface area contributed by atoms with Crippen LogP contribution >= 0.6 is 0 Å². The van der Waals surface area contributed by atoms with Crippen molar-refractivity contribution in [3.8, 4) is 0 Å². The number of carbonyl (C=O) groups excluding carboxylic acids is 1. The highest BCUT2D eigenvalue weighted by Crippen LogP contribution is 2.35. The fraction of sp³-hybridized carbons (Fsp3) is 0.923. The fourth-order valence-corrected chi connectivity index (χ4v) is 2.54.